The Kier molecular flexibility index (Phi) is 4.79. The molecule has 0 spiro atoms. The van der Waals surface area contributed by atoms with Crippen LogP contribution in [-0.2, 0) is 6.54 Å². The number of hydrogen-bond acceptors (Lipinski definition) is 4. The van der Waals surface area contributed by atoms with Gasteiger partial charge in [0.1, 0.15) is 0 Å². The Hall–Kier alpha value is -4.00. The van der Waals surface area contributed by atoms with Crippen LogP contribution in [0, 0.1) is 0 Å². The monoisotopic (exact) mass is 371 g/mol. The molecule has 1 aromatic carbocycles. The van der Waals surface area contributed by atoms with E-state index < -0.39 is 0 Å². The lowest BCUT2D eigenvalue weighted by atomic mass is 10.1. The lowest BCUT2D eigenvalue weighted by Gasteiger charge is -2.06. The molecule has 0 aliphatic carbocycles. The van der Waals surface area contributed by atoms with Crippen molar-refractivity contribution in [1.82, 2.24) is 25.1 Å². The summed E-state index contributed by atoms with van der Waals surface area (Å²) in [5.41, 5.74) is 2.51. The Morgan fingerprint density at radius 1 is 1.04 bits per heavy atom. The van der Waals surface area contributed by atoms with Crippen LogP contribution in [0.25, 0.3) is 16.9 Å². The number of nitrogens with one attached hydrogen (secondary N) is 2. The van der Waals surface area contributed by atoms with Gasteiger partial charge in [-0.3, -0.25) is 19.7 Å². The summed E-state index contributed by atoms with van der Waals surface area (Å²) in [5, 5.41) is 5.76. The second-order valence-electron chi connectivity index (χ2n) is 6.14. The number of nitrogens with zero attached hydrogens (tertiary/aromatic N) is 3. The summed E-state index contributed by atoms with van der Waals surface area (Å²) < 4.78 is 1.33. The Labute approximate surface area is 160 Å². The highest BCUT2D eigenvalue weighted by Crippen LogP contribution is 2.14. The largest absolute Gasteiger partial charge is 0.348 e. The second kappa shape index (κ2) is 7.71. The first kappa shape index (κ1) is 17.4. The van der Waals surface area contributed by atoms with Gasteiger partial charge < -0.3 is 5.32 Å². The fraction of sp³-hybridized carbons (Fsp3) is 0.0476. The van der Waals surface area contributed by atoms with Gasteiger partial charge in [-0.15, -0.1) is 0 Å². The van der Waals surface area contributed by atoms with E-state index >= 15 is 0 Å². The predicted molar refractivity (Wildman–Crippen MR) is 105 cm³/mol. The average Bonchev–Trinajstić information content (AvgIpc) is 3.15. The molecule has 0 radical (unpaired) electrons. The van der Waals surface area contributed by atoms with E-state index in [1.807, 2.05) is 30.3 Å². The molecule has 138 valence electrons. The van der Waals surface area contributed by atoms with Gasteiger partial charge in [0, 0.05) is 31.3 Å². The topological polar surface area (TPSA) is 92.7 Å². The first-order valence-corrected chi connectivity index (χ1v) is 8.72. The summed E-state index contributed by atoms with van der Waals surface area (Å²) in [5.74, 6) is 0.184. The second-order valence-corrected chi connectivity index (χ2v) is 6.14. The standard InChI is InChI=1S/C21H17N5O2/c27-20(24-12-15-4-2-1-3-5-15)17-6-7-19(23-13-17)26-21(28)18(14-25-26)16-8-10-22-11-9-16/h1-11,13-14,25H,12H2,(H,24,27). The van der Waals surface area contributed by atoms with Crippen molar-refractivity contribution in [2.24, 2.45) is 0 Å². The van der Waals surface area contributed by atoms with E-state index in [2.05, 4.69) is 20.4 Å². The molecule has 0 saturated heterocycles. The van der Waals surface area contributed by atoms with Gasteiger partial charge >= 0.3 is 0 Å². The van der Waals surface area contributed by atoms with Crippen LogP contribution in [0.3, 0.4) is 0 Å². The van der Waals surface area contributed by atoms with Gasteiger partial charge in [0.2, 0.25) is 0 Å². The van der Waals surface area contributed by atoms with E-state index in [9.17, 15) is 9.59 Å². The molecular formula is C21H17N5O2. The minimum Gasteiger partial charge on any atom is -0.348 e. The van der Waals surface area contributed by atoms with Crippen molar-refractivity contribution in [3.8, 4) is 16.9 Å². The number of H-pyrrole nitrogens is 1. The smallest absolute Gasteiger partial charge is 0.280 e. The van der Waals surface area contributed by atoms with E-state index in [0.29, 0.717) is 23.5 Å². The molecule has 3 heterocycles. The maximum atomic E-state index is 12.6. The summed E-state index contributed by atoms with van der Waals surface area (Å²) >= 11 is 0. The molecule has 3 aromatic heterocycles. The van der Waals surface area contributed by atoms with Crippen LogP contribution in [0.2, 0.25) is 0 Å². The van der Waals surface area contributed by atoms with Crippen molar-refractivity contribution in [3.63, 3.8) is 0 Å². The third-order valence-corrected chi connectivity index (χ3v) is 4.30. The molecule has 2 N–H and O–H groups in total. The van der Waals surface area contributed by atoms with Crippen LogP contribution in [0.4, 0.5) is 0 Å². The number of hydrogen-bond donors (Lipinski definition) is 2. The molecule has 0 aliphatic heterocycles. The maximum absolute atomic E-state index is 12.6. The number of carbonyl (C=O) groups is 1. The molecule has 0 atom stereocenters. The van der Waals surface area contributed by atoms with Crippen molar-refractivity contribution in [2.75, 3.05) is 0 Å². The zero-order valence-electron chi connectivity index (χ0n) is 14.9. The predicted octanol–water partition coefficient (Wildman–Crippen LogP) is 2.55. The Balaban J connectivity index is 1.50. The van der Waals surface area contributed by atoms with Crippen LogP contribution in [0.1, 0.15) is 15.9 Å². The SMILES string of the molecule is O=C(NCc1ccccc1)c1ccc(-n2[nH]cc(-c3ccncc3)c2=O)nc1. The highest BCUT2D eigenvalue weighted by atomic mass is 16.1. The number of aromatic amines is 1. The van der Waals surface area contributed by atoms with Crippen LogP contribution in [-0.4, -0.2) is 25.7 Å². The molecule has 0 unspecified atom stereocenters. The molecule has 4 aromatic rings. The fourth-order valence-electron chi connectivity index (χ4n) is 2.81. The zero-order valence-corrected chi connectivity index (χ0v) is 14.9. The van der Waals surface area contributed by atoms with Gasteiger partial charge in [0.25, 0.3) is 11.5 Å². The Morgan fingerprint density at radius 3 is 2.54 bits per heavy atom. The number of pyridine rings is 2. The molecule has 4 rings (SSSR count). The molecule has 0 fully saturated rings. The third kappa shape index (κ3) is 3.59. The lowest BCUT2D eigenvalue weighted by Crippen LogP contribution is -2.23. The normalized spacial score (nSPS) is 10.6. The van der Waals surface area contributed by atoms with Crippen molar-refractivity contribution < 1.29 is 4.79 Å². The number of aromatic nitrogens is 4. The van der Waals surface area contributed by atoms with E-state index in [1.54, 1.807) is 42.9 Å². The minimum absolute atomic E-state index is 0.222. The fourth-order valence-corrected chi connectivity index (χ4v) is 2.81. The molecule has 0 bridgehead atoms. The number of carbonyl (C=O) groups excluding carboxylic acids is 1. The summed E-state index contributed by atoms with van der Waals surface area (Å²) in [4.78, 5) is 33.1. The van der Waals surface area contributed by atoms with Gasteiger partial charge in [0.05, 0.1) is 11.1 Å². The first-order valence-electron chi connectivity index (χ1n) is 8.72. The van der Waals surface area contributed by atoms with Gasteiger partial charge in [-0.2, -0.15) is 0 Å². The summed E-state index contributed by atoms with van der Waals surface area (Å²) in [6.45, 7) is 0.437. The van der Waals surface area contributed by atoms with Crippen LogP contribution in [0.5, 0.6) is 0 Å². The number of amides is 1. The number of rotatable bonds is 5. The average molecular weight is 371 g/mol. The summed E-state index contributed by atoms with van der Waals surface area (Å²) in [7, 11) is 0. The van der Waals surface area contributed by atoms with Crippen LogP contribution < -0.4 is 10.9 Å². The first-order chi connectivity index (χ1) is 13.7. The molecule has 28 heavy (non-hydrogen) atoms. The Bertz CT molecular complexity index is 1130. The number of benzene rings is 1. The molecule has 7 heteroatoms. The summed E-state index contributed by atoms with van der Waals surface area (Å²) in [6.07, 6.45) is 6.34. The van der Waals surface area contributed by atoms with E-state index in [4.69, 9.17) is 0 Å². The van der Waals surface area contributed by atoms with E-state index in [-0.39, 0.29) is 11.5 Å². The van der Waals surface area contributed by atoms with E-state index in [0.717, 1.165) is 11.1 Å². The maximum Gasteiger partial charge on any atom is 0.280 e. The highest BCUT2D eigenvalue weighted by Gasteiger charge is 2.12. The quantitative estimate of drug-likeness (QED) is 0.564. The van der Waals surface area contributed by atoms with Crippen molar-refractivity contribution >= 4 is 5.91 Å². The van der Waals surface area contributed by atoms with Crippen molar-refractivity contribution in [3.05, 3.63) is 101 Å². The summed E-state index contributed by atoms with van der Waals surface area (Å²) in [6, 6.07) is 16.5. The van der Waals surface area contributed by atoms with Gasteiger partial charge in [-0.25, -0.2) is 9.67 Å². The minimum atomic E-state index is -0.223. The van der Waals surface area contributed by atoms with Crippen molar-refractivity contribution in [1.29, 1.82) is 0 Å². The highest BCUT2D eigenvalue weighted by molar-refractivity contribution is 5.93. The molecule has 1 amide bonds. The molecular weight excluding hydrogens is 354 g/mol. The van der Waals surface area contributed by atoms with Crippen LogP contribution >= 0.6 is 0 Å². The molecule has 7 nitrogen and oxygen atoms in total. The lowest BCUT2D eigenvalue weighted by molar-refractivity contribution is 0.0950. The molecule has 0 saturated carbocycles. The third-order valence-electron chi connectivity index (χ3n) is 4.30. The van der Waals surface area contributed by atoms with Crippen LogP contribution in [0.15, 0.2) is 84.2 Å². The van der Waals surface area contributed by atoms with Gasteiger partial charge in [0.15, 0.2) is 5.82 Å². The zero-order chi connectivity index (χ0) is 19.3. The Morgan fingerprint density at radius 2 is 1.82 bits per heavy atom. The van der Waals surface area contributed by atoms with Gasteiger partial charge in [-0.1, -0.05) is 30.3 Å². The molecule has 0 aliphatic rings. The van der Waals surface area contributed by atoms with E-state index in [1.165, 1.54) is 10.9 Å². The van der Waals surface area contributed by atoms with Crippen molar-refractivity contribution in [2.45, 2.75) is 6.54 Å². The van der Waals surface area contributed by atoms with Gasteiger partial charge in [-0.05, 0) is 35.4 Å².